The van der Waals surface area contributed by atoms with Gasteiger partial charge in [-0.15, -0.1) is 11.3 Å². The summed E-state index contributed by atoms with van der Waals surface area (Å²) >= 11 is 1.65. The normalized spacial score (nSPS) is 11.5. The van der Waals surface area contributed by atoms with Crippen molar-refractivity contribution in [1.82, 2.24) is 5.43 Å². The van der Waals surface area contributed by atoms with Crippen LogP contribution >= 0.6 is 11.3 Å². The average Bonchev–Trinajstić information content (AvgIpc) is 2.41. The van der Waals surface area contributed by atoms with Crippen LogP contribution in [0.15, 0.2) is 11.2 Å². The van der Waals surface area contributed by atoms with Gasteiger partial charge in [-0.1, -0.05) is 0 Å². The van der Waals surface area contributed by atoms with Crippen LogP contribution in [0.1, 0.15) is 22.2 Å². The first-order valence-corrected chi connectivity index (χ1v) is 4.99. The molecule has 76 valence electrons. The molecule has 4 nitrogen and oxygen atoms in total. The first-order valence-electron chi connectivity index (χ1n) is 4.18. The molecule has 0 atom stereocenters. The van der Waals surface area contributed by atoms with Gasteiger partial charge in [0.15, 0.2) is 0 Å². The summed E-state index contributed by atoms with van der Waals surface area (Å²) < 4.78 is 0. The molecule has 1 aromatic rings. The van der Waals surface area contributed by atoms with Crippen LogP contribution in [0.3, 0.4) is 0 Å². The Balaban J connectivity index is 2.88. The number of aryl methyl sites for hydroxylation is 2. The highest BCUT2D eigenvalue weighted by Gasteiger charge is 2.05. The Morgan fingerprint density at radius 3 is 2.64 bits per heavy atom. The monoisotopic (exact) mass is 211 g/mol. The third-order valence-electron chi connectivity index (χ3n) is 1.70. The van der Waals surface area contributed by atoms with Gasteiger partial charge in [0, 0.05) is 4.88 Å². The van der Waals surface area contributed by atoms with Crippen molar-refractivity contribution in [3.8, 4) is 0 Å². The third kappa shape index (κ3) is 2.56. The fraction of sp³-hybridized carbons (Fsp3) is 0.333. The minimum atomic E-state index is -0.643. The van der Waals surface area contributed by atoms with Crippen LogP contribution in [0.5, 0.6) is 0 Å². The second-order valence-electron chi connectivity index (χ2n) is 3.04. The number of amides is 2. The average molecular weight is 211 g/mol. The van der Waals surface area contributed by atoms with E-state index < -0.39 is 6.03 Å². The zero-order valence-corrected chi connectivity index (χ0v) is 9.23. The molecule has 0 bridgehead atoms. The second kappa shape index (κ2) is 4.23. The van der Waals surface area contributed by atoms with Gasteiger partial charge in [-0.3, -0.25) is 0 Å². The predicted molar refractivity (Wildman–Crippen MR) is 58.7 cm³/mol. The van der Waals surface area contributed by atoms with E-state index >= 15 is 0 Å². The van der Waals surface area contributed by atoms with Crippen LogP contribution in [-0.4, -0.2) is 11.7 Å². The molecule has 5 heteroatoms. The Hall–Kier alpha value is -1.36. The number of rotatable bonds is 2. The first kappa shape index (κ1) is 10.7. The molecule has 14 heavy (non-hydrogen) atoms. The lowest BCUT2D eigenvalue weighted by molar-refractivity contribution is 0.249. The van der Waals surface area contributed by atoms with E-state index in [-0.39, 0.29) is 0 Å². The highest BCUT2D eigenvalue weighted by molar-refractivity contribution is 7.14. The molecule has 0 fully saturated rings. The summed E-state index contributed by atoms with van der Waals surface area (Å²) in [4.78, 5) is 12.7. The van der Waals surface area contributed by atoms with Crippen molar-refractivity contribution in [3.63, 3.8) is 0 Å². The maximum absolute atomic E-state index is 10.4. The zero-order chi connectivity index (χ0) is 10.7. The molecular formula is C9H13N3OS. The number of carbonyl (C=O) groups is 1. The van der Waals surface area contributed by atoms with E-state index in [1.807, 2.05) is 20.8 Å². The topological polar surface area (TPSA) is 67.5 Å². The Morgan fingerprint density at radius 1 is 1.57 bits per heavy atom. The molecule has 0 aliphatic rings. The number of nitrogens with zero attached hydrogens (tertiary/aromatic N) is 1. The van der Waals surface area contributed by atoms with Crippen molar-refractivity contribution >= 4 is 23.1 Å². The van der Waals surface area contributed by atoms with E-state index in [9.17, 15) is 4.79 Å². The molecule has 3 N–H and O–H groups in total. The summed E-state index contributed by atoms with van der Waals surface area (Å²) in [5.74, 6) is 0. The van der Waals surface area contributed by atoms with Gasteiger partial charge in [-0.2, -0.15) is 5.10 Å². The van der Waals surface area contributed by atoms with Crippen LogP contribution in [-0.2, 0) is 0 Å². The van der Waals surface area contributed by atoms with Crippen LogP contribution in [0.4, 0.5) is 4.79 Å². The summed E-state index contributed by atoms with van der Waals surface area (Å²) in [5, 5.41) is 3.87. The van der Waals surface area contributed by atoms with Gasteiger partial charge in [0.1, 0.15) is 0 Å². The summed E-state index contributed by atoms with van der Waals surface area (Å²) in [6.07, 6.45) is 0. The number of carbonyl (C=O) groups excluding carboxylic acids is 1. The zero-order valence-electron chi connectivity index (χ0n) is 8.42. The van der Waals surface area contributed by atoms with Crippen molar-refractivity contribution in [2.75, 3.05) is 0 Å². The van der Waals surface area contributed by atoms with Gasteiger partial charge in [0.25, 0.3) is 0 Å². The lowest BCUT2D eigenvalue weighted by Crippen LogP contribution is -2.25. The molecule has 0 aromatic carbocycles. The quantitative estimate of drug-likeness (QED) is 0.568. The maximum atomic E-state index is 10.4. The largest absolute Gasteiger partial charge is 0.350 e. The van der Waals surface area contributed by atoms with Crippen molar-refractivity contribution in [1.29, 1.82) is 0 Å². The van der Waals surface area contributed by atoms with Crippen molar-refractivity contribution in [3.05, 3.63) is 21.4 Å². The predicted octanol–water partition coefficient (Wildman–Crippen LogP) is 1.76. The van der Waals surface area contributed by atoms with E-state index in [1.54, 1.807) is 11.3 Å². The summed E-state index contributed by atoms with van der Waals surface area (Å²) in [5.41, 5.74) is 9.07. The van der Waals surface area contributed by atoms with Gasteiger partial charge < -0.3 is 5.73 Å². The van der Waals surface area contributed by atoms with E-state index in [0.717, 1.165) is 10.6 Å². The molecule has 1 aromatic heterocycles. The number of urea groups is 1. The van der Waals surface area contributed by atoms with Crippen LogP contribution in [0.25, 0.3) is 0 Å². The SMILES string of the molecule is C/C(=N\NC(N)=O)c1sc(C)cc1C. The third-order valence-corrected chi connectivity index (χ3v) is 2.96. The lowest BCUT2D eigenvalue weighted by Gasteiger charge is -1.98. The fourth-order valence-electron chi connectivity index (χ4n) is 1.19. The summed E-state index contributed by atoms with van der Waals surface area (Å²) in [6.45, 7) is 5.90. The number of primary amides is 1. The van der Waals surface area contributed by atoms with Crippen molar-refractivity contribution in [2.45, 2.75) is 20.8 Å². The second-order valence-corrected chi connectivity index (χ2v) is 4.30. The van der Waals surface area contributed by atoms with E-state index in [0.29, 0.717) is 0 Å². The van der Waals surface area contributed by atoms with Gasteiger partial charge in [-0.05, 0) is 32.4 Å². The number of thiophene rings is 1. The summed E-state index contributed by atoms with van der Waals surface area (Å²) in [6, 6.07) is 1.44. The molecule has 0 aliphatic carbocycles. The molecule has 0 aliphatic heterocycles. The van der Waals surface area contributed by atoms with Crippen LogP contribution in [0, 0.1) is 13.8 Å². The molecule has 2 amide bonds. The summed E-state index contributed by atoms with van der Waals surface area (Å²) in [7, 11) is 0. The molecule has 0 saturated heterocycles. The smallest absolute Gasteiger partial charge is 0.332 e. The molecule has 0 spiro atoms. The van der Waals surface area contributed by atoms with Gasteiger partial charge >= 0.3 is 6.03 Å². The highest BCUT2D eigenvalue weighted by Crippen LogP contribution is 2.21. The number of hydrogen-bond donors (Lipinski definition) is 2. The van der Waals surface area contributed by atoms with Crippen molar-refractivity contribution < 1.29 is 4.79 Å². The molecule has 1 heterocycles. The number of nitrogens with two attached hydrogens (primary N) is 1. The molecule has 0 saturated carbocycles. The van der Waals surface area contributed by atoms with Crippen molar-refractivity contribution in [2.24, 2.45) is 10.8 Å². The standard InChI is InChI=1S/C9H13N3OS/c1-5-4-6(2)14-8(5)7(3)11-12-9(10)13/h4H,1-3H3,(H3,10,12,13)/b11-7+. The Kier molecular flexibility index (Phi) is 3.24. The number of nitrogens with one attached hydrogen (secondary N) is 1. The Morgan fingerprint density at radius 2 is 2.21 bits per heavy atom. The molecule has 0 unspecified atom stereocenters. The molecule has 1 rings (SSSR count). The maximum Gasteiger partial charge on any atom is 0.332 e. The molecule has 0 radical (unpaired) electrons. The Labute approximate surface area is 86.8 Å². The van der Waals surface area contributed by atoms with Crippen LogP contribution in [0.2, 0.25) is 0 Å². The van der Waals surface area contributed by atoms with Gasteiger partial charge in [0.2, 0.25) is 0 Å². The lowest BCUT2D eigenvalue weighted by atomic mass is 10.2. The Bertz CT molecular complexity index is 381. The molecular weight excluding hydrogens is 198 g/mol. The fourth-order valence-corrected chi connectivity index (χ4v) is 2.16. The number of hydrazone groups is 1. The van der Waals surface area contributed by atoms with E-state index in [1.165, 1.54) is 10.4 Å². The van der Waals surface area contributed by atoms with Gasteiger partial charge in [0.05, 0.1) is 10.6 Å². The minimum Gasteiger partial charge on any atom is -0.350 e. The first-order chi connectivity index (χ1) is 6.50. The van der Waals surface area contributed by atoms with E-state index in [2.05, 4.69) is 16.6 Å². The van der Waals surface area contributed by atoms with E-state index in [4.69, 9.17) is 5.73 Å². The highest BCUT2D eigenvalue weighted by atomic mass is 32.1. The number of hydrogen-bond acceptors (Lipinski definition) is 3. The minimum absolute atomic E-state index is 0.643. The van der Waals surface area contributed by atoms with Gasteiger partial charge in [-0.25, -0.2) is 10.2 Å². The van der Waals surface area contributed by atoms with Crippen LogP contribution < -0.4 is 11.2 Å².